The van der Waals surface area contributed by atoms with Crippen molar-refractivity contribution in [2.45, 2.75) is 51.4 Å². The summed E-state index contributed by atoms with van der Waals surface area (Å²) in [7, 11) is -1.69. The highest BCUT2D eigenvalue weighted by Crippen LogP contribution is 2.43. The Morgan fingerprint density at radius 2 is 2.18 bits per heavy atom. The van der Waals surface area contributed by atoms with Crippen molar-refractivity contribution in [2.24, 2.45) is 0 Å². The van der Waals surface area contributed by atoms with Gasteiger partial charge >= 0.3 is 0 Å². The molecule has 6 nitrogen and oxygen atoms in total. The van der Waals surface area contributed by atoms with Gasteiger partial charge in [-0.25, -0.2) is 4.21 Å². The normalized spacial score (nSPS) is 33.6. The first-order chi connectivity index (χ1) is 10.2. The molecular weight excluding hydrogens is 306 g/mol. The zero-order valence-corrected chi connectivity index (χ0v) is 13.6. The van der Waals surface area contributed by atoms with Gasteiger partial charge in [-0.05, 0) is 27.2 Å². The first kappa shape index (κ1) is 15.4. The summed E-state index contributed by atoms with van der Waals surface area (Å²) in [5, 5.41) is 10.7. The summed E-state index contributed by atoms with van der Waals surface area (Å²) in [6.07, 6.45) is 1.62. The average molecular weight is 325 g/mol. The lowest BCUT2D eigenvalue weighted by Crippen LogP contribution is -2.58. The minimum atomic E-state index is -1.69. The number of rotatable bonds is 2. The van der Waals surface area contributed by atoms with E-state index in [9.17, 15) is 18.9 Å². The minimum Gasteiger partial charge on any atom is -0.484 e. The first-order valence-electron chi connectivity index (χ1n) is 7.29. The number of likely N-dealkylation sites (tertiary alicyclic amines) is 1. The summed E-state index contributed by atoms with van der Waals surface area (Å²) in [6, 6.07) is -0.706. The molecule has 0 radical (unpaired) electrons. The molecule has 3 rings (SSSR count). The van der Waals surface area contributed by atoms with Gasteiger partial charge in [-0.3, -0.25) is 9.59 Å². The van der Waals surface area contributed by atoms with Crippen LogP contribution < -0.4 is 0 Å². The lowest BCUT2D eigenvalue weighted by molar-refractivity contribution is -0.140. The van der Waals surface area contributed by atoms with Gasteiger partial charge in [-0.15, -0.1) is 0 Å². The van der Waals surface area contributed by atoms with Crippen LogP contribution in [0.1, 0.15) is 33.6 Å². The number of hydrogen-bond donors (Lipinski definition) is 1. The summed E-state index contributed by atoms with van der Waals surface area (Å²) < 4.78 is 18.4. The van der Waals surface area contributed by atoms with Crippen LogP contribution in [0.2, 0.25) is 0 Å². The molecule has 3 aliphatic heterocycles. The lowest BCUT2D eigenvalue weighted by atomic mass is 9.90. The molecule has 0 aromatic heterocycles. The molecule has 0 spiro atoms. The SMILES string of the molecule is CC(=O)C1=CC2=C(C(N3CCCC3=O)C(O)C(C)(C)O2)S1=O. The number of nitrogens with zero attached hydrogens (tertiary/aromatic N) is 1. The highest BCUT2D eigenvalue weighted by atomic mass is 32.2. The second-order valence-electron chi connectivity index (χ2n) is 6.35. The third-order valence-corrected chi connectivity index (χ3v) is 6.00. The number of Topliss-reactive ketones (excluding diaryl/α,β-unsaturated/α-hetero) is 1. The molecule has 3 unspecified atom stereocenters. The summed E-state index contributed by atoms with van der Waals surface area (Å²) in [6.45, 7) is 5.30. The van der Waals surface area contributed by atoms with Crippen molar-refractivity contribution in [3.05, 3.63) is 21.6 Å². The molecular formula is C15H19NO5S. The van der Waals surface area contributed by atoms with Gasteiger partial charge in [0.1, 0.15) is 17.5 Å². The fourth-order valence-corrected chi connectivity index (χ4v) is 4.63. The van der Waals surface area contributed by atoms with Crippen molar-refractivity contribution in [3.8, 4) is 0 Å². The van der Waals surface area contributed by atoms with Crippen molar-refractivity contribution < 1.29 is 23.6 Å². The predicted octanol–water partition coefficient (Wildman–Crippen LogP) is 0.594. The highest BCUT2D eigenvalue weighted by molar-refractivity contribution is 7.94. The molecule has 3 aliphatic rings. The van der Waals surface area contributed by atoms with Crippen LogP contribution in [0.5, 0.6) is 0 Å². The highest BCUT2D eigenvalue weighted by Gasteiger charge is 2.52. The number of ether oxygens (including phenoxy) is 1. The Bertz CT molecular complexity index is 648. The van der Waals surface area contributed by atoms with Gasteiger partial charge < -0.3 is 14.7 Å². The molecule has 0 bridgehead atoms. The van der Waals surface area contributed by atoms with Gasteiger partial charge in [0.2, 0.25) is 5.91 Å². The number of hydrogen-bond acceptors (Lipinski definition) is 5. The van der Waals surface area contributed by atoms with E-state index >= 15 is 0 Å². The molecule has 3 heterocycles. The Kier molecular flexibility index (Phi) is 3.52. The molecule has 1 saturated heterocycles. The number of aliphatic hydroxyl groups is 1. The van der Waals surface area contributed by atoms with Crippen LogP contribution >= 0.6 is 0 Å². The summed E-state index contributed by atoms with van der Waals surface area (Å²) in [5.41, 5.74) is -0.931. The summed E-state index contributed by atoms with van der Waals surface area (Å²) in [4.78, 5) is 25.8. The molecule has 0 aromatic carbocycles. The maximum atomic E-state index is 12.6. The van der Waals surface area contributed by atoms with Crippen LogP contribution in [0.15, 0.2) is 21.6 Å². The topological polar surface area (TPSA) is 83.9 Å². The van der Waals surface area contributed by atoms with Crippen LogP contribution in [-0.4, -0.2) is 50.2 Å². The monoisotopic (exact) mass is 325 g/mol. The van der Waals surface area contributed by atoms with E-state index in [0.29, 0.717) is 30.1 Å². The van der Waals surface area contributed by atoms with E-state index in [-0.39, 0.29) is 16.6 Å². The summed E-state index contributed by atoms with van der Waals surface area (Å²) >= 11 is 0. The molecule has 0 saturated carbocycles. The molecule has 0 aromatic rings. The van der Waals surface area contributed by atoms with Gasteiger partial charge in [-0.1, -0.05) is 0 Å². The molecule has 0 aliphatic carbocycles. The molecule has 1 amide bonds. The maximum absolute atomic E-state index is 12.6. The lowest BCUT2D eigenvalue weighted by Gasteiger charge is -2.44. The first-order valence-corrected chi connectivity index (χ1v) is 8.44. The third-order valence-electron chi connectivity index (χ3n) is 4.35. The number of amides is 1. The summed E-state index contributed by atoms with van der Waals surface area (Å²) in [5.74, 6) is -0.0134. The largest absolute Gasteiger partial charge is 0.484 e. The van der Waals surface area contributed by atoms with Crippen molar-refractivity contribution in [1.82, 2.24) is 4.90 Å². The zero-order valence-electron chi connectivity index (χ0n) is 12.8. The van der Waals surface area contributed by atoms with Crippen molar-refractivity contribution in [3.63, 3.8) is 0 Å². The molecule has 120 valence electrons. The van der Waals surface area contributed by atoms with Gasteiger partial charge in [0, 0.05) is 19.0 Å². The molecule has 1 N–H and O–H groups in total. The van der Waals surface area contributed by atoms with Crippen LogP contribution in [-0.2, 0) is 25.1 Å². The second kappa shape index (κ2) is 5.03. The van der Waals surface area contributed by atoms with Crippen LogP contribution in [0, 0.1) is 0 Å². The van der Waals surface area contributed by atoms with E-state index in [0.717, 1.165) is 0 Å². The fraction of sp³-hybridized carbons (Fsp3) is 0.600. The molecule has 1 fully saturated rings. The Morgan fingerprint density at radius 1 is 1.50 bits per heavy atom. The second-order valence-corrected chi connectivity index (χ2v) is 7.76. The van der Waals surface area contributed by atoms with Gasteiger partial charge in [0.05, 0.1) is 26.7 Å². The van der Waals surface area contributed by atoms with Gasteiger partial charge in [0.25, 0.3) is 0 Å². The predicted molar refractivity (Wildman–Crippen MR) is 79.8 cm³/mol. The standard InChI is InChI=1S/C15H19NO5S/c1-8(17)10-7-9-13(22(10)20)12(14(19)15(2,3)21-9)16-6-4-5-11(16)18/h7,12,14,19H,4-6H2,1-3H3. The number of allylic oxidation sites excluding steroid dienone is 2. The molecule has 7 heteroatoms. The maximum Gasteiger partial charge on any atom is 0.223 e. The van der Waals surface area contributed by atoms with Crippen LogP contribution in [0.3, 0.4) is 0 Å². The molecule has 22 heavy (non-hydrogen) atoms. The van der Waals surface area contributed by atoms with Gasteiger partial charge in [0.15, 0.2) is 5.78 Å². The van der Waals surface area contributed by atoms with Crippen molar-refractivity contribution >= 4 is 22.5 Å². The Balaban J connectivity index is 2.08. The van der Waals surface area contributed by atoms with E-state index < -0.39 is 28.5 Å². The van der Waals surface area contributed by atoms with E-state index in [1.807, 2.05) is 0 Å². The minimum absolute atomic E-state index is 0.0677. The van der Waals surface area contributed by atoms with Crippen molar-refractivity contribution in [1.29, 1.82) is 0 Å². The van der Waals surface area contributed by atoms with Gasteiger partial charge in [-0.2, -0.15) is 0 Å². The number of carbonyl (C=O) groups is 2. The van der Waals surface area contributed by atoms with E-state index in [1.165, 1.54) is 13.0 Å². The zero-order chi connectivity index (χ0) is 16.2. The third kappa shape index (κ3) is 2.14. The Morgan fingerprint density at radius 3 is 2.73 bits per heavy atom. The van der Waals surface area contributed by atoms with E-state index in [1.54, 1.807) is 18.7 Å². The number of aliphatic hydroxyl groups excluding tert-OH is 1. The smallest absolute Gasteiger partial charge is 0.223 e. The van der Waals surface area contributed by atoms with E-state index in [2.05, 4.69) is 0 Å². The average Bonchev–Trinajstić information content (AvgIpc) is 2.96. The number of carbonyl (C=O) groups excluding carboxylic acids is 2. The Labute approximate surface area is 131 Å². The van der Waals surface area contributed by atoms with Crippen molar-refractivity contribution in [2.75, 3.05) is 6.54 Å². The quantitative estimate of drug-likeness (QED) is 0.803. The Hall–Kier alpha value is -1.47. The molecule has 3 atom stereocenters. The van der Waals surface area contributed by atoms with E-state index in [4.69, 9.17) is 4.74 Å². The fourth-order valence-electron chi connectivity index (χ4n) is 3.16. The van der Waals surface area contributed by atoms with Crippen LogP contribution in [0.4, 0.5) is 0 Å². The number of ketones is 1. The van der Waals surface area contributed by atoms with Crippen LogP contribution in [0.25, 0.3) is 0 Å².